The molecule has 0 aliphatic rings. The number of rotatable bonds is 6. The molecule has 0 saturated carbocycles. The Balaban J connectivity index is 1.96. The number of benzene rings is 2. The third-order valence-corrected chi connectivity index (χ3v) is 4.42. The third-order valence-electron chi connectivity index (χ3n) is 4.42. The largest absolute Gasteiger partial charge is 0.436 e. The molecule has 23 heavy (non-hydrogen) atoms. The van der Waals surface area contributed by atoms with Crippen LogP contribution in [0.2, 0.25) is 0 Å². The average molecular weight is 307 g/mol. The van der Waals surface area contributed by atoms with Gasteiger partial charge in [-0.1, -0.05) is 50.5 Å². The van der Waals surface area contributed by atoms with Gasteiger partial charge in [-0.05, 0) is 55.5 Å². The predicted molar refractivity (Wildman–Crippen MR) is 96.8 cm³/mol. The molecule has 0 aliphatic carbocycles. The second-order valence-electron chi connectivity index (χ2n) is 6.41. The highest BCUT2D eigenvalue weighted by Gasteiger charge is 2.14. The van der Waals surface area contributed by atoms with E-state index >= 15 is 0 Å². The van der Waals surface area contributed by atoms with Crippen molar-refractivity contribution in [1.29, 1.82) is 0 Å². The molecular formula is C21H25NO. The molecule has 0 atom stereocenters. The highest BCUT2D eigenvalue weighted by Crippen LogP contribution is 2.31. The summed E-state index contributed by atoms with van der Waals surface area (Å²) in [5, 5.41) is 0. The van der Waals surface area contributed by atoms with E-state index in [9.17, 15) is 0 Å². The lowest BCUT2D eigenvalue weighted by atomic mass is 9.97. The van der Waals surface area contributed by atoms with Crippen LogP contribution in [0.3, 0.4) is 0 Å². The van der Waals surface area contributed by atoms with E-state index in [0.717, 1.165) is 23.4 Å². The van der Waals surface area contributed by atoms with Gasteiger partial charge >= 0.3 is 0 Å². The van der Waals surface area contributed by atoms with E-state index in [-0.39, 0.29) is 0 Å². The van der Waals surface area contributed by atoms with E-state index in [1.807, 2.05) is 6.07 Å². The fourth-order valence-electron chi connectivity index (χ4n) is 3.13. The van der Waals surface area contributed by atoms with Gasteiger partial charge in [0.15, 0.2) is 5.58 Å². The first-order valence-electron chi connectivity index (χ1n) is 8.65. The molecule has 2 aromatic carbocycles. The van der Waals surface area contributed by atoms with Gasteiger partial charge in [-0.25, -0.2) is 4.98 Å². The lowest BCUT2D eigenvalue weighted by Gasteiger charge is -2.09. The average Bonchev–Trinajstić information content (AvgIpc) is 2.94. The number of oxazole rings is 1. The summed E-state index contributed by atoms with van der Waals surface area (Å²) < 4.78 is 6.05. The van der Waals surface area contributed by atoms with Crippen molar-refractivity contribution >= 4 is 11.1 Å². The number of unbranched alkanes of at least 4 members (excludes halogenated alkanes) is 3. The lowest BCUT2D eigenvalue weighted by molar-refractivity contribution is 0.616. The zero-order chi connectivity index (χ0) is 16.2. The first kappa shape index (κ1) is 15.8. The molecule has 3 aromatic rings. The van der Waals surface area contributed by atoms with Crippen molar-refractivity contribution in [2.45, 2.75) is 52.9 Å². The van der Waals surface area contributed by atoms with Crippen LogP contribution in [0, 0.1) is 13.8 Å². The molecular weight excluding hydrogens is 282 g/mol. The minimum absolute atomic E-state index is 0.759. The summed E-state index contributed by atoms with van der Waals surface area (Å²) in [6.45, 7) is 6.48. The van der Waals surface area contributed by atoms with Crippen LogP contribution >= 0.6 is 0 Å². The quantitative estimate of drug-likeness (QED) is 0.504. The van der Waals surface area contributed by atoms with Crippen molar-refractivity contribution in [2.75, 3.05) is 0 Å². The smallest absolute Gasteiger partial charge is 0.227 e. The summed E-state index contributed by atoms with van der Waals surface area (Å²) >= 11 is 0. The standard InChI is InChI=1S/C21H25NO/c1-4-5-6-7-10-17-11-8-9-16(3)20(17)21-22-18-14-15(2)12-13-19(18)23-21/h8-9,11-14H,4-7,10H2,1-3H3. The Morgan fingerprint density at radius 2 is 1.87 bits per heavy atom. The summed E-state index contributed by atoms with van der Waals surface area (Å²) in [5.41, 5.74) is 6.79. The number of aryl methyl sites for hydroxylation is 3. The number of nitrogens with zero attached hydrogens (tertiary/aromatic N) is 1. The van der Waals surface area contributed by atoms with E-state index in [4.69, 9.17) is 9.40 Å². The number of fused-ring (bicyclic) bond motifs is 1. The summed E-state index contributed by atoms with van der Waals surface area (Å²) in [7, 11) is 0. The van der Waals surface area contributed by atoms with Gasteiger partial charge in [0.1, 0.15) is 5.52 Å². The summed E-state index contributed by atoms with van der Waals surface area (Å²) in [6.07, 6.45) is 6.18. The molecule has 2 nitrogen and oxygen atoms in total. The van der Waals surface area contributed by atoms with Crippen molar-refractivity contribution in [1.82, 2.24) is 4.98 Å². The maximum Gasteiger partial charge on any atom is 0.227 e. The van der Waals surface area contributed by atoms with Gasteiger partial charge in [-0.2, -0.15) is 0 Å². The van der Waals surface area contributed by atoms with Crippen molar-refractivity contribution in [3.8, 4) is 11.5 Å². The monoisotopic (exact) mass is 307 g/mol. The Hall–Kier alpha value is -2.09. The molecule has 0 bridgehead atoms. The van der Waals surface area contributed by atoms with Crippen LogP contribution < -0.4 is 0 Å². The molecule has 3 rings (SSSR count). The summed E-state index contributed by atoms with van der Waals surface area (Å²) in [6, 6.07) is 12.7. The first-order chi connectivity index (χ1) is 11.2. The number of hydrogen-bond acceptors (Lipinski definition) is 2. The van der Waals surface area contributed by atoms with Gasteiger partial charge in [0.05, 0.1) is 0 Å². The molecule has 0 unspecified atom stereocenters. The second kappa shape index (κ2) is 6.99. The summed E-state index contributed by atoms with van der Waals surface area (Å²) in [5.74, 6) is 0.759. The molecule has 0 N–H and O–H groups in total. The maximum atomic E-state index is 6.05. The van der Waals surface area contributed by atoms with E-state index in [1.54, 1.807) is 0 Å². The van der Waals surface area contributed by atoms with E-state index in [1.165, 1.54) is 47.9 Å². The zero-order valence-electron chi connectivity index (χ0n) is 14.4. The van der Waals surface area contributed by atoms with Gasteiger partial charge in [0.25, 0.3) is 0 Å². The van der Waals surface area contributed by atoms with Crippen molar-refractivity contribution < 1.29 is 4.42 Å². The summed E-state index contributed by atoms with van der Waals surface area (Å²) in [4.78, 5) is 4.74. The molecule has 0 aliphatic heterocycles. The predicted octanol–water partition coefficient (Wildman–Crippen LogP) is 6.23. The minimum atomic E-state index is 0.759. The molecule has 1 aromatic heterocycles. The molecule has 1 heterocycles. The van der Waals surface area contributed by atoms with E-state index in [0.29, 0.717) is 0 Å². The van der Waals surface area contributed by atoms with Crippen LogP contribution in [0.25, 0.3) is 22.6 Å². The van der Waals surface area contributed by atoms with Gasteiger partial charge < -0.3 is 4.42 Å². The fourth-order valence-corrected chi connectivity index (χ4v) is 3.13. The molecule has 0 spiro atoms. The molecule has 0 radical (unpaired) electrons. The normalized spacial score (nSPS) is 11.3. The van der Waals surface area contributed by atoms with Crippen LogP contribution in [-0.4, -0.2) is 4.98 Å². The topological polar surface area (TPSA) is 26.0 Å². The Kier molecular flexibility index (Phi) is 4.80. The number of hydrogen-bond donors (Lipinski definition) is 0. The van der Waals surface area contributed by atoms with Crippen LogP contribution in [0.15, 0.2) is 40.8 Å². The van der Waals surface area contributed by atoms with Gasteiger partial charge in [-0.3, -0.25) is 0 Å². The minimum Gasteiger partial charge on any atom is -0.436 e. The third kappa shape index (κ3) is 3.47. The number of aromatic nitrogens is 1. The lowest BCUT2D eigenvalue weighted by Crippen LogP contribution is -1.94. The molecule has 0 fully saturated rings. The molecule has 0 saturated heterocycles. The Morgan fingerprint density at radius 3 is 2.70 bits per heavy atom. The van der Waals surface area contributed by atoms with Crippen LogP contribution in [0.1, 0.15) is 49.3 Å². The Morgan fingerprint density at radius 1 is 1.00 bits per heavy atom. The van der Waals surface area contributed by atoms with Gasteiger partial charge in [0, 0.05) is 5.56 Å². The van der Waals surface area contributed by atoms with Crippen LogP contribution in [0.4, 0.5) is 0 Å². The highest BCUT2D eigenvalue weighted by molar-refractivity contribution is 5.78. The Labute approximate surface area is 138 Å². The first-order valence-corrected chi connectivity index (χ1v) is 8.65. The SMILES string of the molecule is CCCCCCc1cccc(C)c1-c1nc2cc(C)ccc2o1. The van der Waals surface area contributed by atoms with E-state index in [2.05, 4.69) is 51.1 Å². The maximum absolute atomic E-state index is 6.05. The van der Waals surface area contributed by atoms with Crippen molar-refractivity contribution in [3.05, 3.63) is 53.1 Å². The highest BCUT2D eigenvalue weighted by atomic mass is 16.3. The van der Waals surface area contributed by atoms with E-state index < -0.39 is 0 Å². The second-order valence-corrected chi connectivity index (χ2v) is 6.41. The molecule has 0 amide bonds. The van der Waals surface area contributed by atoms with Crippen LogP contribution in [-0.2, 0) is 6.42 Å². The fraction of sp³-hybridized carbons (Fsp3) is 0.381. The molecule has 120 valence electrons. The molecule has 2 heteroatoms. The van der Waals surface area contributed by atoms with Gasteiger partial charge in [0.2, 0.25) is 5.89 Å². The Bertz CT molecular complexity index is 801. The van der Waals surface area contributed by atoms with Crippen LogP contribution in [0.5, 0.6) is 0 Å². The van der Waals surface area contributed by atoms with Crippen molar-refractivity contribution in [2.24, 2.45) is 0 Å². The van der Waals surface area contributed by atoms with Gasteiger partial charge in [-0.15, -0.1) is 0 Å². The van der Waals surface area contributed by atoms with Crippen molar-refractivity contribution in [3.63, 3.8) is 0 Å². The zero-order valence-corrected chi connectivity index (χ0v) is 14.4.